The lowest BCUT2D eigenvalue weighted by Gasteiger charge is -2.27. The Morgan fingerprint density at radius 3 is 1.18 bits per heavy atom. The van der Waals surface area contributed by atoms with E-state index in [0.717, 1.165) is 22.3 Å². The summed E-state index contributed by atoms with van der Waals surface area (Å²) in [7, 11) is 0.173. The number of carbonyl (C=O) groups is 2. The molecule has 1 unspecified atom stereocenters. The third-order valence-corrected chi connectivity index (χ3v) is 15.5. The molecular weight excluding hydrogens is 1030 g/mol. The third-order valence-electron chi connectivity index (χ3n) is 12.6. The van der Waals surface area contributed by atoms with Crippen LogP contribution in [0.2, 0.25) is 0 Å². The minimum Gasteiger partial charge on any atom is -0.484 e. The Morgan fingerprint density at radius 1 is 0.487 bits per heavy atom. The molecule has 2 aliphatic carbocycles. The molecule has 6 N–H and O–H groups in total. The van der Waals surface area contributed by atoms with Gasteiger partial charge in [-0.2, -0.15) is 0 Å². The summed E-state index contributed by atoms with van der Waals surface area (Å²) >= 11 is 0. The van der Waals surface area contributed by atoms with Crippen molar-refractivity contribution in [3.05, 3.63) is 119 Å². The molecule has 0 spiro atoms. The van der Waals surface area contributed by atoms with Crippen LogP contribution < -0.4 is 40.2 Å². The molecule has 418 valence electrons. The van der Waals surface area contributed by atoms with E-state index in [-0.39, 0.29) is 125 Å². The van der Waals surface area contributed by atoms with Gasteiger partial charge in [0.05, 0.1) is 74.7 Å². The average Bonchev–Trinajstić information content (AvgIpc) is 3.95. The zero-order chi connectivity index (χ0) is 54.5. The van der Waals surface area contributed by atoms with Gasteiger partial charge in [-0.1, -0.05) is 12.1 Å². The predicted octanol–water partition coefficient (Wildman–Crippen LogP) is 3.88. The minimum atomic E-state index is -3.80. The number of benzene rings is 4. The highest BCUT2D eigenvalue weighted by Gasteiger charge is 2.37. The minimum absolute atomic E-state index is 0.000486. The van der Waals surface area contributed by atoms with Crippen LogP contribution in [0.15, 0.2) is 94.7 Å². The van der Waals surface area contributed by atoms with Crippen LogP contribution in [-0.2, 0) is 51.8 Å². The molecule has 0 fully saturated rings. The number of rotatable bonds is 33. The standard InChI is InChI=1S/C52H72F2N8O12S2/c1-61(2)47-33-37-7-9-39(53)35-45(37)49(47)73-41-11-15-43(16-12-41)75(65,66)59-23-27-71-31-29-69-25-21-57-51(63)55-19-5-6-20-56-52(64)58-22-26-70-30-32-72-28-24-60-76(67,68)44-17-13-42(14-18-44)74-50-46-36-40(54)10-8-38(46)34-48(50)62(3)4/h7-18,35-36,47-50,59-60H,5-6,19-34H2,1-4H3,(H2,55,57,63)(H2,56,58,64)/t47-,48?,49-,50-/m0/s1. The number of halogens is 2. The molecule has 0 aromatic heterocycles. The first-order valence-corrected chi connectivity index (χ1v) is 28.2. The third kappa shape index (κ3) is 18.6. The summed E-state index contributed by atoms with van der Waals surface area (Å²) in [4.78, 5) is 28.4. The van der Waals surface area contributed by atoms with Gasteiger partial charge in [-0.3, -0.25) is 0 Å². The Kier molecular flexibility index (Phi) is 23.4. The van der Waals surface area contributed by atoms with Crippen molar-refractivity contribution in [1.29, 1.82) is 0 Å². The SMILES string of the molecule is CN(C)C1Cc2ccc(F)cc2[C@@H]1Oc1ccc(S(=O)(=O)NCCOCCOCCNC(=O)NCCCCNC(=O)NCCOCCOCCNS(=O)(=O)c2ccc(O[C@H]3c4cc(F)ccc4C[C@@H]3N(C)C)cc2)cc1. The number of nitrogens with one attached hydrogen (secondary N) is 6. The molecule has 4 atom stereocenters. The number of unbranched alkanes of at least 4 members (excludes halogenated alkanes) is 1. The molecule has 0 saturated heterocycles. The molecule has 2 aliphatic rings. The number of urea groups is 2. The molecule has 0 bridgehead atoms. The number of ether oxygens (including phenoxy) is 6. The van der Waals surface area contributed by atoms with Gasteiger partial charge in [-0.15, -0.1) is 0 Å². The lowest BCUT2D eigenvalue weighted by molar-refractivity contribution is 0.0516. The summed E-state index contributed by atoms with van der Waals surface area (Å²) in [6, 6.07) is 20.9. The van der Waals surface area contributed by atoms with E-state index < -0.39 is 32.3 Å². The Hall–Kier alpha value is -5.54. The van der Waals surface area contributed by atoms with Crippen molar-refractivity contribution >= 4 is 32.1 Å². The van der Waals surface area contributed by atoms with Crippen molar-refractivity contribution in [3.63, 3.8) is 0 Å². The van der Waals surface area contributed by atoms with E-state index in [1.54, 1.807) is 36.4 Å². The van der Waals surface area contributed by atoms with Crippen LogP contribution in [0, 0.1) is 11.6 Å². The van der Waals surface area contributed by atoms with E-state index in [9.17, 15) is 35.2 Å². The van der Waals surface area contributed by atoms with Crippen LogP contribution >= 0.6 is 0 Å². The number of sulfonamides is 2. The van der Waals surface area contributed by atoms with Crippen molar-refractivity contribution in [2.75, 3.05) is 120 Å². The molecule has 4 amide bonds. The average molecular weight is 1100 g/mol. The summed E-state index contributed by atoms with van der Waals surface area (Å²) in [6.07, 6.45) is 1.91. The molecule has 4 aromatic rings. The largest absolute Gasteiger partial charge is 0.484 e. The summed E-state index contributed by atoms with van der Waals surface area (Å²) in [5.74, 6) is 0.278. The normalized spacial score (nSPS) is 17.1. The van der Waals surface area contributed by atoms with E-state index >= 15 is 0 Å². The zero-order valence-electron chi connectivity index (χ0n) is 43.5. The number of hydrogen-bond donors (Lipinski definition) is 6. The van der Waals surface area contributed by atoms with Gasteiger partial charge >= 0.3 is 12.1 Å². The molecule has 20 nitrogen and oxygen atoms in total. The Bertz CT molecular complexity index is 2510. The molecular formula is C52H72F2N8O12S2. The second-order valence-electron chi connectivity index (χ2n) is 18.5. The molecule has 76 heavy (non-hydrogen) atoms. The van der Waals surface area contributed by atoms with E-state index in [1.807, 2.05) is 38.0 Å². The van der Waals surface area contributed by atoms with Crippen LogP contribution in [0.25, 0.3) is 0 Å². The van der Waals surface area contributed by atoms with E-state index in [1.165, 1.54) is 48.5 Å². The molecule has 24 heteroatoms. The zero-order valence-corrected chi connectivity index (χ0v) is 45.1. The van der Waals surface area contributed by atoms with E-state index in [4.69, 9.17) is 28.4 Å². The molecule has 0 aliphatic heterocycles. The quantitative estimate of drug-likeness (QED) is 0.0372. The first-order chi connectivity index (χ1) is 36.5. The molecule has 4 aromatic carbocycles. The Morgan fingerprint density at radius 2 is 0.829 bits per heavy atom. The van der Waals surface area contributed by atoms with Crippen LogP contribution in [0.5, 0.6) is 11.5 Å². The van der Waals surface area contributed by atoms with Crippen LogP contribution in [-0.4, -0.2) is 171 Å². The summed E-state index contributed by atoms with van der Waals surface area (Å²) < 4.78 is 119. The first kappa shape index (κ1) is 59.7. The van der Waals surface area contributed by atoms with Gasteiger partial charge in [0, 0.05) is 50.4 Å². The van der Waals surface area contributed by atoms with Crippen molar-refractivity contribution in [1.82, 2.24) is 40.5 Å². The van der Waals surface area contributed by atoms with Crippen LogP contribution in [0.1, 0.15) is 47.3 Å². The lowest BCUT2D eigenvalue weighted by Crippen LogP contribution is -2.39. The monoisotopic (exact) mass is 1100 g/mol. The molecule has 0 heterocycles. The number of nitrogens with zero attached hydrogens (tertiary/aromatic N) is 2. The molecule has 0 radical (unpaired) electrons. The lowest BCUT2D eigenvalue weighted by atomic mass is 10.1. The number of hydrogen-bond acceptors (Lipinski definition) is 14. The van der Waals surface area contributed by atoms with Crippen molar-refractivity contribution in [2.45, 2.75) is 59.8 Å². The van der Waals surface area contributed by atoms with E-state index in [0.29, 0.717) is 50.3 Å². The number of carbonyl (C=O) groups excluding carboxylic acids is 2. The predicted molar refractivity (Wildman–Crippen MR) is 280 cm³/mol. The number of amides is 4. The van der Waals surface area contributed by atoms with Gasteiger partial charge in [0.1, 0.15) is 35.3 Å². The molecule has 6 rings (SSSR count). The summed E-state index contributed by atoms with van der Waals surface area (Å²) in [5.41, 5.74) is 3.61. The maximum absolute atomic E-state index is 14.0. The second-order valence-corrected chi connectivity index (χ2v) is 22.0. The van der Waals surface area contributed by atoms with Gasteiger partial charge in [0.2, 0.25) is 20.0 Å². The highest BCUT2D eigenvalue weighted by molar-refractivity contribution is 7.89. The van der Waals surface area contributed by atoms with Crippen LogP contribution in [0.4, 0.5) is 18.4 Å². The van der Waals surface area contributed by atoms with Gasteiger partial charge in [-0.05, 0) is 138 Å². The van der Waals surface area contributed by atoms with Crippen molar-refractivity contribution in [2.24, 2.45) is 0 Å². The second kappa shape index (κ2) is 29.8. The summed E-state index contributed by atoms with van der Waals surface area (Å²) in [5, 5.41) is 10.9. The maximum atomic E-state index is 14.0. The highest BCUT2D eigenvalue weighted by atomic mass is 32.2. The van der Waals surface area contributed by atoms with Gasteiger partial charge < -0.3 is 59.5 Å². The smallest absolute Gasteiger partial charge is 0.314 e. The van der Waals surface area contributed by atoms with Gasteiger partial charge in [0.25, 0.3) is 0 Å². The van der Waals surface area contributed by atoms with Gasteiger partial charge in [-0.25, -0.2) is 44.6 Å². The number of likely N-dealkylation sites (N-methyl/N-ethyl adjacent to an activating group) is 2. The maximum Gasteiger partial charge on any atom is 0.314 e. The fourth-order valence-corrected chi connectivity index (χ4v) is 10.6. The molecule has 0 saturated carbocycles. The van der Waals surface area contributed by atoms with Crippen molar-refractivity contribution in [3.8, 4) is 11.5 Å². The first-order valence-electron chi connectivity index (χ1n) is 25.3. The number of fused-ring (bicyclic) bond motifs is 2. The Labute approximate surface area is 444 Å². The Balaban J connectivity index is 0.688. The fraction of sp³-hybridized carbons (Fsp3) is 0.500. The highest BCUT2D eigenvalue weighted by Crippen LogP contribution is 2.39. The van der Waals surface area contributed by atoms with Crippen LogP contribution in [0.3, 0.4) is 0 Å². The van der Waals surface area contributed by atoms with Gasteiger partial charge in [0.15, 0.2) is 0 Å². The van der Waals surface area contributed by atoms with Crippen molar-refractivity contribution < 1.29 is 63.6 Å². The summed E-state index contributed by atoms with van der Waals surface area (Å²) in [6.45, 7) is 3.20. The van der Waals surface area contributed by atoms with E-state index in [2.05, 4.69) is 30.7 Å². The topological polar surface area (TPSA) is 236 Å². The fourth-order valence-electron chi connectivity index (χ4n) is 8.55.